The summed E-state index contributed by atoms with van der Waals surface area (Å²) in [7, 11) is 0. The summed E-state index contributed by atoms with van der Waals surface area (Å²) in [4.78, 5) is 29.0. The Morgan fingerprint density at radius 3 is 2.50 bits per heavy atom. The number of piperazine rings is 1. The van der Waals surface area contributed by atoms with E-state index < -0.39 is 0 Å². The number of rotatable bonds is 5. The zero-order valence-electron chi connectivity index (χ0n) is 14.9. The summed E-state index contributed by atoms with van der Waals surface area (Å²) in [6, 6.07) is 17.2. The van der Waals surface area contributed by atoms with E-state index in [1.54, 1.807) is 11.8 Å². The third kappa shape index (κ3) is 4.86. The van der Waals surface area contributed by atoms with Gasteiger partial charge in [-0.15, -0.1) is 11.8 Å². The van der Waals surface area contributed by atoms with Crippen molar-refractivity contribution in [2.24, 2.45) is 0 Å². The summed E-state index contributed by atoms with van der Waals surface area (Å²) < 4.78 is 0. The molecule has 0 bridgehead atoms. The number of carbonyl (C=O) groups excluding carboxylic acids is 2. The number of nitrogens with one attached hydrogen (secondary N) is 2. The van der Waals surface area contributed by atoms with Crippen molar-refractivity contribution in [3.05, 3.63) is 60.2 Å². The van der Waals surface area contributed by atoms with Crippen molar-refractivity contribution in [2.75, 3.05) is 44.3 Å². The van der Waals surface area contributed by atoms with E-state index in [4.69, 9.17) is 0 Å². The third-order valence-corrected chi connectivity index (χ3v) is 5.27. The Balaban J connectivity index is 1.47. The highest BCUT2D eigenvalue weighted by Crippen LogP contribution is 2.18. The van der Waals surface area contributed by atoms with E-state index in [0.29, 0.717) is 19.6 Å². The number of hydrogen-bond acceptors (Lipinski definition) is 3. The molecule has 0 unspecified atom stereocenters. The van der Waals surface area contributed by atoms with Gasteiger partial charge in [-0.1, -0.05) is 24.3 Å². The Kier molecular flexibility index (Phi) is 6.30. The van der Waals surface area contributed by atoms with Crippen molar-refractivity contribution in [3.63, 3.8) is 0 Å². The summed E-state index contributed by atoms with van der Waals surface area (Å²) in [5.41, 5.74) is 1.56. The average molecular weight is 370 g/mol. The predicted octanol–water partition coefficient (Wildman–Crippen LogP) is 1.39. The van der Waals surface area contributed by atoms with Gasteiger partial charge in [-0.25, -0.2) is 0 Å². The SMILES string of the molecule is CSc1cccc(NC(=O)C[NH+]2CCN(C(=O)c3ccccc3)CC2)c1. The molecule has 0 saturated carbocycles. The van der Waals surface area contributed by atoms with E-state index in [1.165, 1.54) is 4.90 Å². The molecule has 1 aliphatic rings. The summed E-state index contributed by atoms with van der Waals surface area (Å²) in [6.07, 6.45) is 2.02. The van der Waals surface area contributed by atoms with Gasteiger partial charge in [0, 0.05) is 16.1 Å². The van der Waals surface area contributed by atoms with Crippen LogP contribution in [0.25, 0.3) is 0 Å². The first-order valence-electron chi connectivity index (χ1n) is 8.77. The topological polar surface area (TPSA) is 53.9 Å². The van der Waals surface area contributed by atoms with Crippen molar-refractivity contribution in [2.45, 2.75) is 4.90 Å². The number of amides is 2. The first kappa shape index (κ1) is 18.5. The molecule has 26 heavy (non-hydrogen) atoms. The molecule has 136 valence electrons. The van der Waals surface area contributed by atoms with Gasteiger partial charge >= 0.3 is 0 Å². The number of anilines is 1. The van der Waals surface area contributed by atoms with E-state index >= 15 is 0 Å². The lowest BCUT2D eigenvalue weighted by molar-refractivity contribution is -0.895. The van der Waals surface area contributed by atoms with Crippen LogP contribution in [0.2, 0.25) is 0 Å². The van der Waals surface area contributed by atoms with E-state index in [1.807, 2.05) is 65.8 Å². The van der Waals surface area contributed by atoms with Crippen LogP contribution in [0.15, 0.2) is 59.5 Å². The van der Waals surface area contributed by atoms with Gasteiger partial charge < -0.3 is 15.1 Å². The van der Waals surface area contributed by atoms with Crippen LogP contribution in [0.1, 0.15) is 10.4 Å². The van der Waals surface area contributed by atoms with Crippen LogP contribution in [0, 0.1) is 0 Å². The van der Waals surface area contributed by atoms with Crippen LogP contribution >= 0.6 is 11.8 Å². The maximum absolute atomic E-state index is 12.5. The first-order valence-corrected chi connectivity index (χ1v) is 10.00. The monoisotopic (exact) mass is 370 g/mol. The van der Waals surface area contributed by atoms with Crippen LogP contribution < -0.4 is 10.2 Å². The molecule has 2 aromatic carbocycles. The fraction of sp³-hybridized carbons (Fsp3) is 0.300. The molecule has 0 radical (unpaired) electrons. The van der Waals surface area contributed by atoms with Gasteiger partial charge in [-0.3, -0.25) is 9.59 Å². The first-order chi connectivity index (χ1) is 12.7. The molecule has 0 aliphatic carbocycles. The minimum atomic E-state index is 0.0149. The largest absolute Gasteiger partial charge is 0.327 e. The molecule has 1 saturated heterocycles. The molecule has 1 fully saturated rings. The van der Waals surface area contributed by atoms with Crippen molar-refractivity contribution in [1.29, 1.82) is 0 Å². The van der Waals surface area contributed by atoms with Gasteiger partial charge in [-0.2, -0.15) is 0 Å². The quantitative estimate of drug-likeness (QED) is 0.782. The minimum absolute atomic E-state index is 0.0149. The van der Waals surface area contributed by atoms with Crippen molar-refractivity contribution in [3.8, 4) is 0 Å². The molecular formula is C20H24N3O2S+. The molecule has 5 nitrogen and oxygen atoms in total. The van der Waals surface area contributed by atoms with Crippen molar-refractivity contribution < 1.29 is 14.5 Å². The second kappa shape index (κ2) is 8.87. The number of carbonyl (C=O) groups is 2. The van der Waals surface area contributed by atoms with Crippen LogP contribution in [0.4, 0.5) is 5.69 Å². The smallest absolute Gasteiger partial charge is 0.279 e. The molecule has 2 aromatic rings. The highest BCUT2D eigenvalue weighted by molar-refractivity contribution is 7.98. The standard InChI is InChI=1S/C20H23N3O2S/c1-26-18-9-5-8-17(14-18)21-19(24)15-22-10-12-23(13-11-22)20(25)16-6-3-2-4-7-16/h2-9,14H,10-13,15H2,1H3,(H,21,24)/p+1. The summed E-state index contributed by atoms with van der Waals surface area (Å²) in [5, 5.41) is 2.97. The third-order valence-electron chi connectivity index (χ3n) is 4.54. The van der Waals surface area contributed by atoms with Gasteiger partial charge in [0.1, 0.15) is 0 Å². The van der Waals surface area contributed by atoms with Gasteiger partial charge in [0.2, 0.25) is 0 Å². The molecule has 0 atom stereocenters. The molecule has 2 amide bonds. The Bertz CT molecular complexity index is 759. The lowest BCUT2D eigenvalue weighted by Gasteiger charge is -2.32. The van der Waals surface area contributed by atoms with Gasteiger partial charge in [-0.05, 0) is 36.6 Å². The molecule has 0 spiro atoms. The summed E-state index contributed by atoms with van der Waals surface area (Å²) in [6.45, 7) is 3.36. The van der Waals surface area contributed by atoms with Gasteiger partial charge in [0.15, 0.2) is 6.54 Å². The lowest BCUT2D eigenvalue weighted by atomic mass is 10.2. The lowest BCUT2D eigenvalue weighted by Crippen LogP contribution is -3.15. The van der Waals surface area contributed by atoms with Crippen LogP contribution in [0.3, 0.4) is 0 Å². The second-order valence-electron chi connectivity index (χ2n) is 6.37. The maximum Gasteiger partial charge on any atom is 0.279 e. The number of thioether (sulfide) groups is 1. The van der Waals surface area contributed by atoms with Crippen LogP contribution in [0.5, 0.6) is 0 Å². The van der Waals surface area contributed by atoms with Crippen molar-refractivity contribution in [1.82, 2.24) is 4.90 Å². The number of benzene rings is 2. The molecule has 3 rings (SSSR count). The van der Waals surface area contributed by atoms with Gasteiger partial charge in [0.05, 0.1) is 26.2 Å². The van der Waals surface area contributed by atoms with E-state index in [9.17, 15) is 9.59 Å². The van der Waals surface area contributed by atoms with E-state index in [-0.39, 0.29) is 11.8 Å². The number of quaternary nitrogens is 1. The molecule has 1 heterocycles. The second-order valence-corrected chi connectivity index (χ2v) is 7.24. The maximum atomic E-state index is 12.5. The molecule has 1 aliphatic heterocycles. The molecular weight excluding hydrogens is 346 g/mol. The van der Waals surface area contributed by atoms with E-state index in [0.717, 1.165) is 29.2 Å². The highest BCUT2D eigenvalue weighted by Gasteiger charge is 2.25. The Labute approximate surface area is 158 Å². The minimum Gasteiger partial charge on any atom is -0.327 e. The number of nitrogens with zero attached hydrogens (tertiary/aromatic N) is 1. The zero-order valence-corrected chi connectivity index (χ0v) is 15.7. The fourth-order valence-electron chi connectivity index (χ4n) is 3.10. The predicted molar refractivity (Wildman–Crippen MR) is 105 cm³/mol. The Morgan fingerprint density at radius 1 is 1.08 bits per heavy atom. The average Bonchev–Trinajstić information content (AvgIpc) is 2.69. The summed E-state index contributed by atoms with van der Waals surface area (Å²) in [5.74, 6) is 0.0871. The zero-order chi connectivity index (χ0) is 18.4. The Morgan fingerprint density at radius 2 is 1.81 bits per heavy atom. The summed E-state index contributed by atoms with van der Waals surface area (Å²) >= 11 is 1.65. The number of hydrogen-bond donors (Lipinski definition) is 2. The molecule has 0 aromatic heterocycles. The van der Waals surface area contributed by atoms with Crippen LogP contribution in [-0.2, 0) is 4.79 Å². The normalized spacial score (nSPS) is 14.9. The van der Waals surface area contributed by atoms with Crippen LogP contribution in [-0.4, -0.2) is 55.7 Å². The molecule has 2 N–H and O–H groups in total. The highest BCUT2D eigenvalue weighted by atomic mass is 32.2. The van der Waals surface area contributed by atoms with Crippen molar-refractivity contribution >= 4 is 29.3 Å². The van der Waals surface area contributed by atoms with Gasteiger partial charge in [0.25, 0.3) is 11.8 Å². The Hall–Kier alpha value is -2.31. The fourth-order valence-corrected chi connectivity index (χ4v) is 3.56. The van der Waals surface area contributed by atoms with E-state index in [2.05, 4.69) is 5.32 Å². The molecule has 6 heteroatoms.